The minimum absolute atomic E-state index is 0.0404. The second-order valence-electron chi connectivity index (χ2n) is 4.89. The molecule has 2 N–H and O–H groups in total. The van der Waals surface area contributed by atoms with E-state index in [0.717, 1.165) is 18.7 Å². The SMILES string of the molecule is CC(CS(C)(=O)=O)(NC(=O)OCc1ccccc1)C(=O)O. The van der Waals surface area contributed by atoms with Crippen LogP contribution in [0.4, 0.5) is 4.79 Å². The summed E-state index contributed by atoms with van der Waals surface area (Å²) < 4.78 is 27.4. The third-order valence-electron chi connectivity index (χ3n) is 2.61. The van der Waals surface area contributed by atoms with Gasteiger partial charge in [-0.2, -0.15) is 0 Å². The molecule has 0 fully saturated rings. The molecule has 0 heterocycles. The number of carboxylic acids is 1. The average Bonchev–Trinajstić information content (AvgIpc) is 2.35. The molecule has 0 radical (unpaired) electrons. The van der Waals surface area contributed by atoms with Crippen molar-refractivity contribution in [3.63, 3.8) is 0 Å². The van der Waals surface area contributed by atoms with Crippen molar-refractivity contribution in [2.45, 2.75) is 19.1 Å². The summed E-state index contributed by atoms with van der Waals surface area (Å²) in [7, 11) is -3.59. The van der Waals surface area contributed by atoms with Gasteiger partial charge in [-0.1, -0.05) is 30.3 Å². The van der Waals surface area contributed by atoms with Crippen LogP contribution < -0.4 is 5.32 Å². The number of nitrogens with one attached hydrogen (secondary N) is 1. The number of rotatable bonds is 6. The minimum atomic E-state index is -3.59. The van der Waals surface area contributed by atoms with E-state index in [-0.39, 0.29) is 6.61 Å². The average molecular weight is 315 g/mol. The molecule has 0 aromatic heterocycles. The Hall–Kier alpha value is -2.09. The van der Waals surface area contributed by atoms with Gasteiger partial charge in [-0.05, 0) is 12.5 Å². The second-order valence-corrected chi connectivity index (χ2v) is 7.03. The van der Waals surface area contributed by atoms with Crippen LogP contribution in [-0.2, 0) is 26.0 Å². The molecule has 0 saturated carbocycles. The van der Waals surface area contributed by atoms with E-state index in [0.29, 0.717) is 0 Å². The molecule has 0 aliphatic carbocycles. The molecular weight excluding hydrogens is 298 g/mol. The van der Waals surface area contributed by atoms with E-state index in [2.05, 4.69) is 5.32 Å². The fourth-order valence-electron chi connectivity index (χ4n) is 1.66. The Bertz CT molecular complexity index is 613. The molecule has 0 aliphatic heterocycles. The van der Waals surface area contributed by atoms with Crippen LogP contribution in [0.2, 0.25) is 0 Å². The topological polar surface area (TPSA) is 110 Å². The largest absolute Gasteiger partial charge is 0.479 e. The molecule has 1 aromatic rings. The highest BCUT2D eigenvalue weighted by molar-refractivity contribution is 7.90. The van der Waals surface area contributed by atoms with Crippen LogP contribution >= 0.6 is 0 Å². The van der Waals surface area contributed by atoms with Gasteiger partial charge in [0.25, 0.3) is 0 Å². The van der Waals surface area contributed by atoms with Gasteiger partial charge in [-0.25, -0.2) is 18.0 Å². The van der Waals surface area contributed by atoms with E-state index in [1.165, 1.54) is 0 Å². The van der Waals surface area contributed by atoms with E-state index in [1.54, 1.807) is 30.3 Å². The summed E-state index contributed by atoms with van der Waals surface area (Å²) in [5, 5.41) is 11.2. The molecule has 8 heteroatoms. The van der Waals surface area contributed by atoms with Gasteiger partial charge in [-0.3, -0.25) is 0 Å². The van der Waals surface area contributed by atoms with E-state index in [1.807, 2.05) is 0 Å². The lowest BCUT2D eigenvalue weighted by atomic mass is 10.1. The number of sulfone groups is 1. The highest BCUT2D eigenvalue weighted by Crippen LogP contribution is 2.09. The van der Waals surface area contributed by atoms with Crippen LogP contribution in [0.5, 0.6) is 0 Å². The molecule has 1 aromatic carbocycles. The Morgan fingerprint density at radius 1 is 1.29 bits per heavy atom. The van der Waals surface area contributed by atoms with Crippen LogP contribution in [0.3, 0.4) is 0 Å². The first-order chi connectivity index (χ1) is 9.62. The maximum atomic E-state index is 11.6. The number of benzene rings is 1. The quantitative estimate of drug-likeness (QED) is 0.803. The van der Waals surface area contributed by atoms with Gasteiger partial charge in [0.2, 0.25) is 0 Å². The molecule has 116 valence electrons. The maximum Gasteiger partial charge on any atom is 0.408 e. The number of hydrogen-bond donors (Lipinski definition) is 2. The molecule has 0 bridgehead atoms. The Morgan fingerprint density at radius 3 is 2.33 bits per heavy atom. The van der Waals surface area contributed by atoms with E-state index in [9.17, 15) is 18.0 Å². The zero-order valence-electron chi connectivity index (χ0n) is 11.7. The number of ether oxygens (including phenoxy) is 1. The van der Waals surface area contributed by atoms with Crippen LogP contribution in [0, 0.1) is 0 Å². The Balaban J connectivity index is 2.67. The number of hydrogen-bond acceptors (Lipinski definition) is 5. The number of carboxylic acid groups (broad SMARTS) is 1. The molecular formula is C13H17NO6S. The van der Waals surface area contributed by atoms with Gasteiger partial charge in [-0.15, -0.1) is 0 Å². The molecule has 1 atom stereocenters. The fraction of sp³-hybridized carbons (Fsp3) is 0.385. The molecule has 1 amide bonds. The van der Waals surface area contributed by atoms with Crippen LogP contribution in [-0.4, -0.2) is 43.1 Å². The first-order valence-electron chi connectivity index (χ1n) is 6.02. The van der Waals surface area contributed by atoms with Gasteiger partial charge in [0.05, 0.1) is 5.75 Å². The van der Waals surface area contributed by atoms with E-state index < -0.39 is 33.2 Å². The van der Waals surface area contributed by atoms with Crippen molar-refractivity contribution >= 4 is 21.9 Å². The van der Waals surface area contributed by atoms with Crippen LogP contribution in [0.25, 0.3) is 0 Å². The third kappa shape index (κ3) is 5.82. The third-order valence-corrected chi connectivity index (χ3v) is 3.72. The van der Waals surface area contributed by atoms with Gasteiger partial charge in [0.1, 0.15) is 16.4 Å². The summed E-state index contributed by atoms with van der Waals surface area (Å²) >= 11 is 0. The minimum Gasteiger partial charge on any atom is -0.479 e. The highest BCUT2D eigenvalue weighted by Gasteiger charge is 2.38. The van der Waals surface area contributed by atoms with Crippen molar-refractivity contribution in [3.8, 4) is 0 Å². The van der Waals surface area contributed by atoms with E-state index >= 15 is 0 Å². The first-order valence-corrected chi connectivity index (χ1v) is 8.08. The molecule has 21 heavy (non-hydrogen) atoms. The van der Waals surface area contributed by atoms with Gasteiger partial charge >= 0.3 is 12.1 Å². The van der Waals surface area contributed by atoms with Gasteiger partial charge < -0.3 is 15.2 Å². The summed E-state index contributed by atoms with van der Waals surface area (Å²) in [5.41, 5.74) is -1.21. The maximum absolute atomic E-state index is 11.6. The van der Waals surface area contributed by atoms with Crippen LogP contribution in [0.1, 0.15) is 12.5 Å². The number of amides is 1. The number of aliphatic carboxylic acids is 1. The Labute approximate surface area is 122 Å². The van der Waals surface area contributed by atoms with Crippen molar-refractivity contribution in [1.82, 2.24) is 5.32 Å². The summed E-state index contributed by atoms with van der Waals surface area (Å²) in [4.78, 5) is 22.8. The summed E-state index contributed by atoms with van der Waals surface area (Å²) in [6, 6.07) is 8.81. The Kier molecular flexibility index (Phi) is 5.31. The monoisotopic (exact) mass is 315 g/mol. The zero-order chi connectivity index (χ0) is 16.1. The van der Waals surface area contributed by atoms with Crippen molar-refractivity contribution in [3.05, 3.63) is 35.9 Å². The Morgan fingerprint density at radius 2 is 1.86 bits per heavy atom. The van der Waals surface area contributed by atoms with Crippen molar-refractivity contribution in [2.75, 3.05) is 12.0 Å². The predicted molar refractivity (Wildman–Crippen MR) is 75.5 cm³/mol. The molecule has 0 spiro atoms. The smallest absolute Gasteiger partial charge is 0.408 e. The molecule has 1 unspecified atom stereocenters. The van der Waals surface area contributed by atoms with Crippen LogP contribution in [0.15, 0.2) is 30.3 Å². The molecule has 7 nitrogen and oxygen atoms in total. The number of carbonyl (C=O) groups is 2. The lowest BCUT2D eigenvalue weighted by Crippen LogP contribution is -2.56. The lowest BCUT2D eigenvalue weighted by molar-refractivity contribution is -0.143. The van der Waals surface area contributed by atoms with Crippen molar-refractivity contribution in [1.29, 1.82) is 0 Å². The van der Waals surface area contributed by atoms with Crippen molar-refractivity contribution < 1.29 is 27.9 Å². The van der Waals surface area contributed by atoms with Gasteiger partial charge in [0.15, 0.2) is 5.54 Å². The lowest BCUT2D eigenvalue weighted by Gasteiger charge is -2.24. The fourth-order valence-corrected chi connectivity index (χ4v) is 2.90. The number of carbonyl (C=O) groups excluding carboxylic acids is 1. The standard InChI is InChI=1S/C13H17NO6S/c1-13(11(15)16,9-21(2,18)19)14-12(17)20-8-10-6-4-3-5-7-10/h3-7H,8-9H2,1-2H3,(H,14,17)(H,15,16). The number of alkyl carbamates (subject to hydrolysis) is 1. The summed E-state index contributed by atoms with van der Waals surface area (Å²) in [5.74, 6) is -2.18. The highest BCUT2D eigenvalue weighted by atomic mass is 32.2. The molecule has 0 aliphatic rings. The first kappa shape index (κ1) is 17.0. The zero-order valence-corrected chi connectivity index (χ0v) is 12.5. The molecule has 0 saturated heterocycles. The van der Waals surface area contributed by atoms with E-state index in [4.69, 9.17) is 9.84 Å². The normalized spacial score (nSPS) is 14.0. The second kappa shape index (κ2) is 6.57. The summed E-state index contributed by atoms with van der Waals surface area (Å²) in [6.07, 6.45) is -0.0991. The molecule has 1 rings (SSSR count). The van der Waals surface area contributed by atoms with Gasteiger partial charge in [0, 0.05) is 6.26 Å². The summed E-state index contributed by atoms with van der Waals surface area (Å²) in [6.45, 7) is 1.07. The predicted octanol–water partition coefficient (Wildman–Crippen LogP) is 0.801. The van der Waals surface area contributed by atoms with Crippen molar-refractivity contribution in [2.24, 2.45) is 0 Å².